The number of methoxy groups -OCH3 is 1. The Morgan fingerprint density at radius 1 is 0.424 bits per heavy atom. The van der Waals surface area contributed by atoms with Crippen molar-refractivity contribution in [1.29, 1.82) is 0 Å². The Kier molecular flexibility index (Phi) is 57.8. The number of aliphatic hydroxyl groups is 1. The van der Waals surface area contributed by atoms with E-state index in [0.29, 0.717) is 30.6 Å². The molecule has 4 aromatic carbocycles. The third kappa shape index (κ3) is 46.9. The number of esters is 1. The normalized spacial score (nSPS) is 19.4. The van der Waals surface area contributed by atoms with Crippen LogP contribution in [0.4, 0.5) is 18.0 Å². The van der Waals surface area contributed by atoms with Crippen LogP contribution in [-0.4, -0.2) is 136 Å². The Balaban J connectivity index is 1.30. The van der Waals surface area contributed by atoms with E-state index in [1.807, 2.05) is 72.8 Å². The van der Waals surface area contributed by atoms with Gasteiger partial charge in [0.1, 0.15) is 73.8 Å². The first kappa shape index (κ1) is 107. The molecule has 0 bridgehead atoms. The average molecular weight is 1750 g/mol. The Morgan fingerprint density at radius 3 is 1.26 bits per heavy atom. The largest absolute Gasteiger partial charge is 0.508 e. The van der Waals surface area contributed by atoms with E-state index in [0.717, 1.165) is 112 Å². The van der Waals surface area contributed by atoms with Crippen LogP contribution in [0.25, 0.3) is 0 Å². The van der Waals surface area contributed by atoms with Gasteiger partial charge in [-0.05, 0) is 72.2 Å². The molecule has 0 aliphatic carbocycles. The van der Waals surface area contributed by atoms with Crippen LogP contribution in [0, 0.1) is 0 Å². The number of carbonyl (C=O) groups excluding carboxylic acids is 4. The second-order valence-corrected chi connectivity index (χ2v) is 34.4. The lowest BCUT2D eigenvalue weighted by Gasteiger charge is -2.47. The third-order valence-corrected chi connectivity index (χ3v) is 23.8. The van der Waals surface area contributed by atoms with Gasteiger partial charge in [-0.25, -0.2) is 4.79 Å². The molecule has 2 fully saturated rings. The van der Waals surface area contributed by atoms with Crippen molar-refractivity contribution in [1.82, 2.24) is 10.6 Å². The highest BCUT2D eigenvalue weighted by Gasteiger charge is 2.52. The molecule has 0 aromatic heterocycles. The number of hydrogen-bond acceptors (Lipinski definition) is 17. The van der Waals surface area contributed by atoms with Gasteiger partial charge in [-0.2, -0.15) is 13.2 Å². The van der Waals surface area contributed by atoms with E-state index in [9.17, 15) is 32.7 Å². The van der Waals surface area contributed by atoms with E-state index in [1.54, 1.807) is 19.2 Å². The molecule has 6 rings (SSSR count). The number of hydrogen-bond donors (Lipinski definition) is 3. The number of nitrogens with one attached hydrogen (secondary N) is 2. The Morgan fingerprint density at radius 2 is 0.808 bits per heavy atom. The summed E-state index contributed by atoms with van der Waals surface area (Å²) >= 11 is 0. The van der Waals surface area contributed by atoms with Crippen LogP contribution in [0.2, 0.25) is 0 Å². The quantitative estimate of drug-likeness (QED) is 0.0212. The number of carbonyl (C=O) groups is 4. The van der Waals surface area contributed by atoms with Gasteiger partial charge in [-0.15, -0.1) is 6.58 Å². The average Bonchev–Trinajstić information content (AvgIpc) is 0.782. The van der Waals surface area contributed by atoms with Crippen LogP contribution in [0.1, 0.15) is 344 Å². The minimum atomic E-state index is -4.52. The van der Waals surface area contributed by atoms with Crippen molar-refractivity contribution in [3.8, 4) is 5.75 Å². The van der Waals surface area contributed by atoms with Crippen LogP contribution < -0.4 is 15.4 Å². The summed E-state index contributed by atoms with van der Waals surface area (Å²) in [5.41, 5.74) is 1.99. The topological polar surface area (TPSA) is 223 Å². The zero-order valence-electron chi connectivity index (χ0n) is 76.7. The molecule has 2 heterocycles. The fourth-order valence-electron chi connectivity index (χ4n) is 16.4. The molecule has 0 spiro atoms. The van der Waals surface area contributed by atoms with Gasteiger partial charge in [0.2, 0.25) is 11.8 Å². The lowest BCUT2D eigenvalue weighted by Crippen LogP contribution is -2.68. The first-order valence-corrected chi connectivity index (χ1v) is 48.4. The molecule has 12 atom stereocenters. The maximum atomic E-state index is 15.5. The minimum absolute atomic E-state index is 0.0191. The van der Waals surface area contributed by atoms with Gasteiger partial charge in [-0.3, -0.25) is 14.4 Å². The van der Waals surface area contributed by atoms with Gasteiger partial charge in [0, 0.05) is 6.42 Å². The molecule has 2 aliphatic rings. The van der Waals surface area contributed by atoms with Crippen molar-refractivity contribution in [3.63, 3.8) is 0 Å². The van der Waals surface area contributed by atoms with Crippen molar-refractivity contribution in [3.05, 3.63) is 162 Å². The van der Waals surface area contributed by atoms with Gasteiger partial charge < -0.3 is 72.6 Å². The van der Waals surface area contributed by atoms with Crippen molar-refractivity contribution in [2.24, 2.45) is 0 Å². The molecule has 2 aliphatic heterocycles. The summed E-state index contributed by atoms with van der Waals surface area (Å²) in [6.07, 6.45) is 34.0. The molecule has 704 valence electrons. The molecule has 0 radical (unpaired) electrons. The second-order valence-electron chi connectivity index (χ2n) is 34.4. The summed E-state index contributed by atoms with van der Waals surface area (Å²) in [5, 5.41) is 19.3. The molecule has 22 heteroatoms. The lowest BCUT2D eigenvalue weighted by atomic mass is 9.94. The standard InChI is InChI=1S/C103H159F3N2O17/c1-7-12-15-18-21-24-27-30-31-34-37-40-43-46-55-62-93(111)123-88(61-54-45-42-39-36-33-29-26-23-20-17-14-9-3)74-92(110)108-95-99(120-78-84-65-69-86(114-6)70-66-84)98(119-77-82-58-51-48-52-59-82)90(80-122-102(113)116-72-11-5)125-101(95)121-79-89-97(118-76-81-56-49-47-50-57-81)96(112)94(100(124-89)115-71-10-4)107-91(109)73-87(117-75-83-63-67-85(68-64-83)103(104,105)106)60-53-44-41-38-35-32-28-25-22-19-16-13-8-2/h10-11,47-52,56-59,63-70,87-90,94-101,112H,4-5,7-9,12-46,53-55,60-62,71-80H2,1-3,6H3,(H,107,109)(H,108,110)/t87-,88-,89-,90-,94-,95-,96-,97-,98-,99-,100+,101-/m1/s1. The van der Waals surface area contributed by atoms with E-state index >= 15 is 4.79 Å². The van der Waals surface area contributed by atoms with Crippen LogP contribution in [0.3, 0.4) is 0 Å². The van der Waals surface area contributed by atoms with E-state index in [4.69, 9.17) is 56.8 Å². The van der Waals surface area contributed by atoms with E-state index in [-0.39, 0.29) is 64.9 Å². The molecule has 2 saturated heterocycles. The van der Waals surface area contributed by atoms with Crippen molar-refractivity contribution in [2.45, 2.75) is 422 Å². The predicted molar refractivity (Wildman–Crippen MR) is 488 cm³/mol. The van der Waals surface area contributed by atoms with Crippen LogP contribution >= 0.6 is 0 Å². The molecule has 19 nitrogen and oxygen atoms in total. The summed E-state index contributed by atoms with van der Waals surface area (Å²) in [4.78, 5) is 57.8. The smallest absolute Gasteiger partial charge is 0.497 e. The highest BCUT2D eigenvalue weighted by Crippen LogP contribution is 2.35. The molecule has 0 unspecified atom stereocenters. The molecular formula is C103H159F3N2O17. The van der Waals surface area contributed by atoms with E-state index in [1.165, 1.54) is 198 Å². The van der Waals surface area contributed by atoms with Gasteiger partial charge in [0.15, 0.2) is 12.6 Å². The van der Waals surface area contributed by atoms with Gasteiger partial charge in [-0.1, -0.05) is 375 Å². The Bertz CT molecular complexity index is 3390. The van der Waals surface area contributed by atoms with Crippen LogP contribution in [0.15, 0.2) is 135 Å². The number of rotatable bonds is 74. The molecule has 3 N–H and O–H groups in total. The fraction of sp³-hybridized carbons (Fsp3) is 0.689. The molecule has 4 aromatic rings. The summed E-state index contributed by atoms with van der Waals surface area (Å²) in [6, 6.07) is 28.3. The van der Waals surface area contributed by atoms with Gasteiger partial charge in [0.25, 0.3) is 0 Å². The molecular weight excluding hydrogens is 1590 g/mol. The van der Waals surface area contributed by atoms with E-state index < -0.39 is 116 Å². The summed E-state index contributed by atoms with van der Waals surface area (Å²) in [5.74, 6) is -0.764. The summed E-state index contributed by atoms with van der Waals surface area (Å²) in [6.45, 7) is 13.1. The van der Waals surface area contributed by atoms with Crippen LogP contribution in [0.5, 0.6) is 5.75 Å². The Labute approximate surface area is 748 Å². The number of benzene rings is 4. The molecule has 2 amide bonds. The van der Waals surface area contributed by atoms with Crippen molar-refractivity contribution in [2.75, 3.05) is 33.5 Å². The third-order valence-electron chi connectivity index (χ3n) is 23.8. The monoisotopic (exact) mass is 1750 g/mol. The first-order chi connectivity index (χ1) is 61.0. The molecule has 0 saturated carbocycles. The number of unbranched alkanes of at least 4 members (excludes halogenated alkanes) is 38. The zero-order chi connectivity index (χ0) is 89.4. The number of ether oxygens (including phenoxy) is 12. The lowest BCUT2D eigenvalue weighted by molar-refractivity contribution is -0.314. The SMILES string of the molecule is C=CCOC(=O)OC[C@H]1O[C@@H](OC[C@H]2O[C@H](OCC=C)[C@H](NC(=O)C[C@@H](CCCCCCCCCCCCCCC)OCc3ccc(C(F)(F)F)cc3)[C@@H](O)[C@@H]2OCc2ccccc2)[C@H](NC(=O)C[C@@H](CCCCCCCCCCCCCCC)OC(=O)CCCCCCCCCCCCCCCCC)[C@@H](OCc2ccc(OC)cc2)[C@@H]1OCc1ccccc1. The van der Waals surface area contributed by atoms with Gasteiger partial charge >= 0.3 is 18.3 Å². The maximum absolute atomic E-state index is 15.5. The number of alkyl halides is 3. The van der Waals surface area contributed by atoms with Crippen molar-refractivity contribution < 1.29 is 94.3 Å². The minimum Gasteiger partial charge on any atom is -0.497 e. The van der Waals surface area contributed by atoms with Crippen molar-refractivity contribution >= 4 is 23.9 Å². The maximum Gasteiger partial charge on any atom is 0.508 e. The Hall–Kier alpha value is -6.73. The number of halogens is 3. The predicted octanol–water partition coefficient (Wildman–Crippen LogP) is 24.6. The van der Waals surface area contributed by atoms with Gasteiger partial charge in [0.05, 0.1) is 71.3 Å². The zero-order valence-corrected chi connectivity index (χ0v) is 76.7. The second kappa shape index (κ2) is 67.5. The fourth-order valence-corrected chi connectivity index (χ4v) is 16.4. The number of amides is 2. The van der Waals surface area contributed by atoms with E-state index in [2.05, 4.69) is 44.6 Å². The highest BCUT2D eigenvalue weighted by atomic mass is 19.4. The van der Waals surface area contributed by atoms with Crippen LogP contribution in [-0.2, 0) is 99.1 Å². The number of aliphatic hydroxyl groups excluding tert-OH is 1. The highest BCUT2D eigenvalue weighted by molar-refractivity contribution is 5.78. The molecule has 125 heavy (non-hydrogen) atoms. The first-order valence-electron chi connectivity index (χ1n) is 48.4. The summed E-state index contributed by atoms with van der Waals surface area (Å²) in [7, 11) is 1.58. The summed E-state index contributed by atoms with van der Waals surface area (Å²) < 4.78 is 119.